The molecule has 1 heterocycles. The number of para-hydroxylation sites is 1. The van der Waals surface area contributed by atoms with Gasteiger partial charge in [-0.05, 0) is 32.4 Å². The summed E-state index contributed by atoms with van der Waals surface area (Å²) in [6.07, 6.45) is 1.03. The number of nitriles is 1. The number of hydrogen-bond donors (Lipinski definition) is 2. The molecular weight excluding hydrogens is 262 g/mol. The molecule has 1 aromatic heterocycles. The molecule has 0 fully saturated rings. The Morgan fingerprint density at radius 2 is 1.86 bits per heavy atom. The van der Waals surface area contributed by atoms with Gasteiger partial charge in [0.1, 0.15) is 23.5 Å². The van der Waals surface area contributed by atoms with Crippen LogP contribution in [-0.4, -0.2) is 16.5 Å². The second-order valence-corrected chi connectivity index (χ2v) is 4.80. The van der Waals surface area contributed by atoms with E-state index < -0.39 is 0 Å². The van der Waals surface area contributed by atoms with Gasteiger partial charge in [-0.3, -0.25) is 0 Å². The third kappa shape index (κ3) is 3.48. The van der Waals surface area contributed by atoms with Crippen molar-refractivity contribution in [2.75, 3.05) is 17.2 Å². The lowest BCUT2D eigenvalue weighted by atomic mass is 10.2. The Bertz CT molecular complexity index is 673. The summed E-state index contributed by atoms with van der Waals surface area (Å²) >= 11 is 0. The van der Waals surface area contributed by atoms with Crippen LogP contribution in [0.4, 0.5) is 17.3 Å². The van der Waals surface area contributed by atoms with Crippen molar-refractivity contribution in [1.82, 2.24) is 9.97 Å². The average molecular weight is 281 g/mol. The maximum Gasteiger partial charge on any atom is 0.139 e. The summed E-state index contributed by atoms with van der Waals surface area (Å²) in [4.78, 5) is 8.87. The van der Waals surface area contributed by atoms with Crippen molar-refractivity contribution in [2.24, 2.45) is 0 Å². The van der Waals surface area contributed by atoms with Gasteiger partial charge in [0.2, 0.25) is 0 Å². The van der Waals surface area contributed by atoms with Crippen LogP contribution in [0.2, 0.25) is 0 Å². The maximum atomic E-state index is 9.16. The zero-order chi connectivity index (χ0) is 15.2. The molecule has 0 aliphatic heterocycles. The first kappa shape index (κ1) is 14.8. The summed E-state index contributed by atoms with van der Waals surface area (Å²) in [5, 5.41) is 15.7. The fraction of sp³-hybridized carbons (Fsp3) is 0.312. The zero-order valence-corrected chi connectivity index (χ0v) is 12.6. The van der Waals surface area contributed by atoms with Gasteiger partial charge < -0.3 is 10.6 Å². The average Bonchev–Trinajstić information content (AvgIpc) is 2.49. The summed E-state index contributed by atoms with van der Waals surface area (Å²) in [5.41, 5.74) is 2.29. The fourth-order valence-corrected chi connectivity index (χ4v) is 1.98. The van der Waals surface area contributed by atoms with E-state index in [1.807, 2.05) is 32.0 Å². The number of nitrogens with zero attached hydrogens (tertiary/aromatic N) is 3. The van der Waals surface area contributed by atoms with Gasteiger partial charge in [-0.1, -0.05) is 19.1 Å². The summed E-state index contributed by atoms with van der Waals surface area (Å²) in [6, 6.07) is 9.56. The largest absolute Gasteiger partial charge is 0.370 e. The molecule has 0 saturated carbocycles. The van der Waals surface area contributed by atoms with Crippen LogP contribution in [0.25, 0.3) is 0 Å². The van der Waals surface area contributed by atoms with E-state index in [-0.39, 0.29) is 0 Å². The molecule has 108 valence electrons. The van der Waals surface area contributed by atoms with Crippen molar-refractivity contribution >= 4 is 17.3 Å². The van der Waals surface area contributed by atoms with Crippen LogP contribution in [0.1, 0.15) is 30.3 Å². The molecule has 21 heavy (non-hydrogen) atoms. The minimum atomic E-state index is 0.594. The first-order chi connectivity index (χ1) is 10.2. The first-order valence-corrected chi connectivity index (χ1v) is 7.01. The second kappa shape index (κ2) is 6.71. The number of nitrogens with one attached hydrogen (secondary N) is 2. The number of aromatic nitrogens is 2. The molecule has 0 saturated heterocycles. The Morgan fingerprint density at radius 3 is 2.57 bits per heavy atom. The highest BCUT2D eigenvalue weighted by Crippen LogP contribution is 2.25. The fourth-order valence-electron chi connectivity index (χ4n) is 1.98. The summed E-state index contributed by atoms with van der Waals surface area (Å²) in [5.74, 6) is 2.25. The lowest BCUT2D eigenvalue weighted by Crippen LogP contribution is -2.09. The van der Waals surface area contributed by atoms with E-state index in [0.717, 1.165) is 35.9 Å². The van der Waals surface area contributed by atoms with E-state index in [2.05, 4.69) is 33.6 Å². The van der Waals surface area contributed by atoms with Crippen LogP contribution in [0.3, 0.4) is 0 Å². The number of anilines is 3. The predicted octanol–water partition coefficient (Wildman–Crippen LogP) is 3.53. The van der Waals surface area contributed by atoms with Crippen molar-refractivity contribution in [3.8, 4) is 6.07 Å². The van der Waals surface area contributed by atoms with Gasteiger partial charge in [-0.25, -0.2) is 9.97 Å². The van der Waals surface area contributed by atoms with Gasteiger partial charge >= 0.3 is 0 Å². The summed E-state index contributed by atoms with van der Waals surface area (Å²) in [6.45, 7) is 6.80. The third-order valence-corrected chi connectivity index (χ3v) is 3.10. The van der Waals surface area contributed by atoms with Crippen LogP contribution in [0.5, 0.6) is 0 Å². The van der Waals surface area contributed by atoms with Crippen molar-refractivity contribution in [1.29, 1.82) is 5.26 Å². The Hall–Kier alpha value is -2.61. The van der Waals surface area contributed by atoms with Crippen molar-refractivity contribution in [3.05, 3.63) is 41.2 Å². The summed E-state index contributed by atoms with van der Waals surface area (Å²) in [7, 11) is 0. The first-order valence-electron chi connectivity index (χ1n) is 7.01. The van der Waals surface area contributed by atoms with E-state index in [1.165, 1.54) is 0 Å². The Kier molecular flexibility index (Phi) is 4.72. The highest BCUT2D eigenvalue weighted by molar-refractivity contribution is 5.69. The van der Waals surface area contributed by atoms with E-state index in [4.69, 9.17) is 5.26 Å². The standard InChI is InChI=1S/C16H19N5/c1-4-9-18-15-11(2)16(20-12(3)19-15)21-14-8-6-5-7-13(14)10-17/h5-8H,4,9H2,1-3H3,(H2,18,19,20,21). The topological polar surface area (TPSA) is 73.6 Å². The molecule has 0 amide bonds. The molecular formula is C16H19N5. The van der Waals surface area contributed by atoms with Crippen molar-refractivity contribution in [2.45, 2.75) is 27.2 Å². The van der Waals surface area contributed by atoms with Crippen LogP contribution in [-0.2, 0) is 0 Å². The van der Waals surface area contributed by atoms with Crippen molar-refractivity contribution in [3.63, 3.8) is 0 Å². The number of rotatable bonds is 5. The van der Waals surface area contributed by atoms with Gasteiger partial charge in [0, 0.05) is 12.1 Å². The number of aryl methyl sites for hydroxylation is 1. The van der Waals surface area contributed by atoms with Gasteiger partial charge in [0.25, 0.3) is 0 Å². The highest BCUT2D eigenvalue weighted by atomic mass is 15.1. The van der Waals surface area contributed by atoms with Crippen LogP contribution in [0.15, 0.2) is 24.3 Å². The molecule has 2 rings (SSSR count). The molecule has 2 aromatic rings. The quantitative estimate of drug-likeness (QED) is 0.877. The van der Waals surface area contributed by atoms with E-state index in [1.54, 1.807) is 6.07 Å². The smallest absolute Gasteiger partial charge is 0.139 e. The number of hydrogen-bond acceptors (Lipinski definition) is 5. The third-order valence-electron chi connectivity index (χ3n) is 3.10. The maximum absolute atomic E-state index is 9.16. The molecule has 0 atom stereocenters. The van der Waals surface area contributed by atoms with Crippen molar-refractivity contribution < 1.29 is 0 Å². The SMILES string of the molecule is CCCNc1nc(C)nc(Nc2ccccc2C#N)c1C. The molecule has 5 nitrogen and oxygen atoms in total. The van der Waals surface area contributed by atoms with Gasteiger partial charge in [0.05, 0.1) is 11.3 Å². The molecule has 5 heteroatoms. The lowest BCUT2D eigenvalue weighted by Gasteiger charge is -2.14. The van der Waals surface area contributed by atoms with Gasteiger partial charge in [0.15, 0.2) is 0 Å². The minimum Gasteiger partial charge on any atom is -0.370 e. The summed E-state index contributed by atoms with van der Waals surface area (Å²) < 4.78 is 0. The molecule has 0 aliphatic rings. The van der Waals surface area contributed by atoms with Gasteiger partial charge in [-0.2, -0.15) is 5.26 Å². The molecule has 2 N–H and O–H groups in total. The van der Waals surface area contributed by atoms with E-state index in [9.17, 15) is 0 Å². The van der Waals surface area contributed by atoms with Crippen LogP contribution >= 0.6 is 0 Å². The highest BCUT2D eigenvalue weighted by Gasteiger charge is 2.10. The Labute approximate surface area is 125 Å². The Balaban J connectivity index is 2.36. The normalized spacial score (nSPS) is 10.0. The molecule has 0 bridgehead atoms. The van der Waals surface area contributed by atoms with E-state index in [0.29, 0.717) is 11.4 Å². The van der Waals surface area contributed by atoms with E-state index >= 15 is 0 Å². The van der Waals surface area contributed by atoms with Crippen LogP contribution in [0, 0.1) is 25.2 Å². The molecule has 0 spiro atoms. The molecule has 0 aliphatic carbocycles. The minimum absolute atomic E-state index is 0.594. The van der Waals surface area contributed by atoms with Gasteiger partial charge in [-0.15, -0.1) is 0 Å². The molecule has 0 unspecified atom stereocenters. The second-order valence-electron chi connectivity index (χ2n) is 4.80. The lowest BCUT2D eigenvalue weighted by molar-refractivity contribution is 0.948. The predicted molar refractivity (Wildman–Crippen MR) is 84.7 cm³/mol. The molecule has 1 aromatic carbocycles. The Morgan fingerprint density at radius 1 is 1.14 bits per heavy atom. The number of benzene rings is 1. The zero-order valence-electron chi connectivity index (χ0n) is 12.6. The molecule has 0 radical (unpaired) electrons. The monoisotopic (exact) mass is 281 g/mol. The van der Waals surface area contributed by atoms with Crippen LogP contribution < -0.4 is 10.6 Å².